The molecule has 0 aromatic carbocycles. The number of carbonyl (C=O) groups is 1. The Morgan fingerprint density at radius 1 is 1.41 bits per heavy atom. The molecule has 0 bridgehead atoms. The van der Waals surface area contributed by atoms with E-state index >= 15 is 0 Å². The fourth-order valence-corrected chi connectivity index (χ4v) is 4.05. The minimum Gasteiger partial charge on any atom is -0.345 e. The maximum atomic E-state index is 12.6. The molecule has 5 heteroatoms. The number of thiazole rings is 1. The van der Waals surface area contributed by atoms with Crippen molar-refractivity contribution in [3.63, 3.8) is 0 Å². The van der Waals surface area contributed by atoms with Gasteiger partial charge in [-0.3, -0.25) is 9.78 Å². The Balaban J connectivity index is 1.57. The van der Waals surface area contributed by atoms with E-state index in [2.05, 4.69) is 9.97 Å². The zero-order valence-electron chi connectivity index (χ0n) is 13.1. The van der Waals surface area contributed by atoms with Crippen LogP contribution in [0.4, 0.5) is 0 Å². The minimum absolute atomic E-state index is 0.120. The molecular formula is C17H21N3OS. The standard InChI is InChI=1S/C17H21N3OS/c1-12-19-15-4-3-14(11-16(15)22-12)17(21)20(2)10-7-13-5-8-18-9-6-13/h5-6,8-9,14H,3-4,7,10-11H2,1-2H3. The van der Waals surface area contributed by atoms with E-state index in [9.17, 15) is 4.79 Å². The summed E-state index contributed by atoms with van der Waals surface area (Å²) in [5.74, 6) is 0.389. The number of aromatic nitrogens is 2. The average molecular weight is 315 g/mol. The van der Waals surface area contributed by atoms with Gasteiger partial charge in [-0.2, -0.15) is 0 Å². The zero-order chi connectivity index (χ0) is 15.5. The van der Waals surface area contributed by atoms with E-state index < -0.39 is 0 Å². The lowest BCUT2D eigenvalue weighted by Crippen LogP contribution is -2.36. The van der Waals surface area contributed by atoms with Crippen LogP contribution < -0.4 is 0 Å². The van der Waals surface area contributed by atoms with Crippen molar-refractivity contribution in [2.24, 2.45) is 5.92 Å². The number of amides is 1. The molecule has 0 saturated carbocycles. The van der Waals surface area contributed by atoms with Gasteiger partial charge in [0.25, 0.3) is 0 Å². The number of aryl methyl sites for hydroxylation is 2. The molecule has 2 aromatic heterocycles. The van der Waals surface area contributed by atoms with Gasteiger partial charge in [-0.15, -0.1) is 11.3 Å². The van der Waals surface area contributed by atoms with Gasteiger partial charge in [0.1, 0.15) is 0 Å². The second-order valence-electron chi connectivity index (χ2n) is 5.91. The van der Waals surface area contributed by atoms with E-state index in [0.29, 0.717) is 0 Å². The number of nitrogens with zero attached hydrogens (tertiary/aromatic N) is 3. The number of fused-ring (bicyclic) bond motifs is 1. The van der Waals surface area contributed by atoms with E-state index in [-0.39, 0.29) is 11.8 Å². The molecule has 0 radical (unpaired) electrons. The highest BCUT2D eigenvalue weighted by Crippen LogP contribution is 2.30. The Hall–Kier alpha value is -1.75. The lowest BCUT2D eigenvalue weighted by Gasteiger charge is -2.26. The molecule has 0 aliphatic heterocycles. The van der Waals surface area contributed by atoms with E-state index in [4.69, 9.17) is 0 Å². The van der Waals surface area contributed by atoms with Gasteiger partial charge in [-0.25, -0.2) is 4.98 Å². The summed E-state index contributed by atoms with van der Waals surface area (Å²) in [5, 5.41) is 1.11. The third-order valence-corrected chi connectivity index (χ3v) is 5.29. The van der Waals surface area contributed by atoms with Gasteiger partial charge in [0.15, 0.2) is 0 Å². The van der Waals surface area contributed by atoms with Gasteiger partial charge in [0, 0.05) is 36.8 Å². The SMILES string of the molecule is Cc1nc2c(s1)CC(C(=O)N(C)CCc1ccncc1)CC2. The number of likely N-dealkylation sites (N-methyl/N-ethyl adjacent to an activating group) is 1. The fraction of sp³-hybridized carbons (Fsp3) is 0.471. The summed E-state index contributed by atoms with van der Waals surface area (Å²) in [5.41, 5.74) is 2.43. The molecule has 1 aliphatic carbocycles. The first-order valence-corrected chi connectivity index (χ1v) is 8.54. The van der Waals surface area contributed by atoms with Crippen LogP contribution in [0.15, 0.2) is 24.5 Å². The fourth-order valence-electron chi connectivity index (χ4n) is 2.98. The first kappa shape index (κ1) is 15.2. The molecule has 0 spiro atoms. The maximum absolute atomic E-state index is 12.6. The molecule has 0 N–H and O–H groups in total. The third-order valence-electron chi connectivity index (χ3n) is 4.26. The molecule has 116 valence electrons. The first-order chi connectivity index (χ1) is 10.6. The summed E-state index contributed by atoms with van der Waals surface area (Å²) in [4.78, 5) is 24.4. The van der Waals surface area contributed by atoms with Crippen LogP contribution in [-0.4, -0.2) is 34.4 Å². The van der Waals surface area contributed by atoms with Crippen LogP contribution in [-0.2, 0) is 24.1 Å². The molecule has 22 heavy (non-hydrogen) atoms. The van der Waals surface area contributed by atoms with Crippen molar-refractivity contribution in [2.45, 2.75) is 32.6 Å². The highest BCUT2D eigenvalue weighted by atomic mass is 32.1. The van der Waals surface area contributed by atoms with E-state index in [1.165, 1.54) is 16.1 Å². The average Bonchev–Trinajstić information content (AvgIpc) is 2.92. The highest BCUT2D eigenvalue weighted by Gasteiger charge is 2.28. The normalized spacial score (nSPS) is 17.1. The molecule has 1 amide bonds. The van der Waals surface area contributed by atoms with Gasteiger partial charge < -0.3 is 4.90 Å². The number of hydrogen-bond acceptors (Lipinski definition) is 4. The van der Waals surface area contributed by atoms with Crippen molar-refractivity contribution < 1.29 is 4.79 Å². The molecule has 1 atom stereocenters. The molecule has 2 aromatic rings. The predicted octanol–water partition coefficient (Wildman–Crippen LogP) is 2.65. The van der Waals surface area contributed by atoms with Crippen molar-refractivity contribution in [2.75, 3.05) is 13.6 Å². The van der Waals surface area contributed by atoms with Crippen LogP contribution in [0.1, 0.15) is 27.6 Å². The third kappa shape index (κ3) is 3.35. The predicted molar refractivity (Wildman–Crippen MR) is 87.9 cm³/mol. The minimum atomic E-state index is 0.120. The molecule has 2 heterocycles. The Labute approximate surface area is 135 Å². The lowest BCUT2D eigenvalue weighted by atomic mass is 9.90. The highest BCUT2D eigenvalue weighted by molar-refractivity contribution is 7.11. The van der Waals surface area contributed by atoms with Crippen molar-refractivity contribution >= 4 is 17.2 Å². The van der Waals surface area contributed by atoms with Crippen LogP contribution in [0.25, 0.3) is 0 Å². The van der Waals surface area contributed by atoms with Crippen LogP contribution in [0, 0.1) is 12.8 Å². The van der Waals surface area contributed by atoms with Crippen LogP contribution in [0.3, 0.4) is 0 Å². The Morgan fingerprint density at radius 2 is 2.18 bits per heavy atom. The van der Waals surface area contributed by atoms with Gasteiger partial charge in [-0.05, 0) is 50.3 Å². The Kier molecular flexibility index (Phi) is 4.52. The zero-order valence-corrected chi connectivity index (χ0v) is 13.9. The maximum Gasteiger partial charge on any atom is 0.225 e. The van der Waals surface area contributed by atoms with E-state index in [1.54, 1.807) is 23.7 Å². The van der Waals surface area contributed by atoms with E-state index in [1.807, 2.05) is 31.0 Å². The van der Waals surface area contributed by atoms with Gasteiger partial charge >= 0.3 is 0 Å². The molecule has 1 unspecified atom stereocenters. The summed E-state index contributed by atoms with van der Waals surface area (Å²) in [7, 11) is 1.91. The topological polar surface area (TPSA) is 46.1 Å². The van der Waals surface area contributed by atoms with Crippen LogP contribution in [0.5, 0.6) is 0 Å². The van der Waals surface area contributed by atoms with E-state index in [0.717, 1.165) is 37.2 Å². The quantitative estimate of drug-likeness (QED) is 0.871. The smallest absolute Gasteiger partial charge is 0.225 e. The molecule has 0 fully saturated rings. The van der Waals surface area contributed by atoms with Crippen molar-refractivity contribution in [3.8, 4) is 0 Å². The second-order valence-corrected chi connectivity index (χ2v) is 7.20. The monoisotopic (exact) mass is 315 g/mol. The molecule has 0 saturated heterocycles. The van der Waals surface area contributed by atoms with Gasteiger partial charge in [0.05, 0.1) is 10.7 Å². The first-order valence-electron chi connectivity index (χ1n) is 7.72. The number of pyridine rings is 1. The molecule has 3 rings (SSSR count). The summed E-state index contributed by atoms with van der Waals surface area (Å²) in [6.45, 7) is 2.80. The lowest BCUT2D eigenvalue weighted by molar-refractivity contribution is -0.134. The largest absolute Gasteiger partial charge is 0.345 e. The van der Waals surface area contributed by atoms with Crippen molar-refractivity contribution in [3.05, 3.63) is 45.7 Å². The second kappa shape index (κ2) is 6.57. The Morgan fingerprint density at radius 3 is 2.95 bits per heavy atom. The van der Waals surface area contributed by atoms with Crippen molar-refractivity contribution in [1.29, 1.82) is 0 Å². The molecular weight excluding hydrogens is 294 g/mol. The molecule has 1 aliphatic rings. The number of carbonyl (C=O) groups excluding carboxylic acids is 1. The summed E-state index contributed by atoms with van der Waals surface area (Å²) in [6.07, 6.45) is 7.20. The summed E-state index contributed by atoms with van der Waals surface area (Å²) in [6, 6.07) is 4.01. The van der Waals surface area contributed by atoms with Crippen LogP contribution in [0.2, 0.25) is 0 Å². The number of rotatable bonds is 4. The molecule has 4 nitrogen and oxygen atoms in total. The Bertz CT molecular complexity index is 653. The number of hydrogen-bond donors (Lipinski definition) is 0. The van der Waals surface area contributed by atoms with Gasteiger partial charge in [0.2, 0.25) is 5.91 Å². The van der Waals surface area contributed by atoms with Crippen LogP contribution >= 0.6 is 11.3 Å². The van der Waals surface area contributed by atoms with Crippen molar-refractivity contribution in [1.82, 2.24) is 14.9 Å². The summed E-state index contributed by atoms with van der Waals surface area (Å²) >= 11 is 1.74. The van der Waals surface area contributed by atoms with Gasteiger partial charge in [-0.1, -0.05) is 0 Å². The summed E-state index contributed by atoms with van der Waals surface area (Å²) < 4.78 is 0.